The summed E-state index contributed by atoms with van der Waals surface area (Å²) in [7, 11) is -1.51. The molecule has 0 radical (unpaired) electrons. The van der Waals surface area contributed by atoms with Gasteiger partial charge in [-0.05, 0) is 38.0 Å². The Labute approximate surface area is 194 Å². The third kappa shape index (κ3) is 5.32. The summed E-state index contributed by atoms with van der Waals surface area (Å²) in [6.07, 6.45) is 1.18. The second-order valence-corrected chi connectivity index (χ2v) is 12.2. The zero-order chi connectivity index (χ0) is 24.1. The zero-order valence-corrected chi connectivity index (χ0v) is 21.0. The molecule has 1 N–H and O–H groups in total. The summed E-state index contributed by atoms with van der Waals surface area (Å²) < 4.78 is 25.6. The number of aryl methyl sites for hydroxylation is 1. The maximum absolute atomic E-state index is 11.9. The Kier molecular flexibility index (Phi) is 6.20. The van der Waals surface area contributed by atoms with Crippen molar-refractivity contribution >= 4 is 32.3 Å². The lowest BCUT2D eigenvalue weighted by molar-refractivity contribution is 0.143. The summed E-state index contributed by atoms with van der Waals surface area (Å²) in [6, 6.07) is 7.44. The quantitative estimate of drug-likeness (QED) is 0.574. The molecule has 2 heterocycles. The van der Waals surface area contributed by atoms with Crippen LogP contribution in [-0.2, 0) is 28.1 Å². The van der Waals surface area contributed by atoms with Crippen LogP contribution < -0.4 is 0 Å². The van der Waals surface area contributed by atoms with E-state index < -0.39 is 15.4 Å². The number of aliphatic hydroxyl groups is 1. The van der Waals surface area contributed by atoms with E-state index in [-0.39, 0.29) is 11.2 Å². The monoisotopic (exact) mass is 473 g/mol. The summed E-state index contributed by atoms with van der Waals surface area (Å²) in [5.41, 5.74) is 2.90. The van der Waals surface area contributed by atoms with E-state index in [0.29, 0.717) is 21.8 Å². The van der Waals surface area contributed by atoms with Crippen LogP contribution in [0.1, 0.15) is 51.7 Å². The molecule has 0 aliphatic carbocycles. The lowest BCUT2D eigenvalue weighted by atomic mass is 9.85. The molecule has 0 aliphatic rings. The number of aromatic nitrogens is 3. The van der Waals surface area contributed by atoms with Gasteiger partial charge in [0.25, 0.3) is 0 Å². The van der Waals surface area contributed by atoms with E-state index in [4.69, 9.17) is 16.6 Å². The van der Waals surface area contributed by atoms with E-state index >= 15 is 0 Å². The fourth-order valence-corrected chi connectivity index (χ4v) is 4.52. The highest BCUT2D eigenvalue weighted by Gasteiger charge is 2.25. The molecule has 170 valence electrons. The number of halogens is 1. The molecule has 0 amide bonds. The van der Waals surface area contributed by atoms with Crippen LogP contribution in [0.2, 0.25) is 5.02 Å². The normalized spacial score (nSPS) is 12.7. The average molecular weight is 474 g/mol. The first kappa shape index (κ1) is 24.2. The maximum Gasteiger partial charge on any atom is 0.153 e. The summed E-state index contributed by atoms with van der Waals surface area (Å²) in [5.74, 6) is 5.56. The second kappa shape index (κ2) is 8.18. The van der Waals surface area contributed by atoms with E-state index in [2.05, 4.69) is 37.7 Å². The fourth-order valence-electron chi connectivity index (χ4n) is 3.56. The first-order chi connectivity index (χ1) is 14.6. The average Bonchev–Trinajstić information content (AvgIpc) is 2.94. The molecule has 0 spiro atoms. The van der Waals surface area contributed by atoms with Crippen molar-refractivity contribution in [2.24, 2.45) is 7.05 Å². The zero-order valence-electron chi connectivity index (χ0n) is 19.4. The highest BCUT2D eigenvalue weighted by molar-refractivity contribution is 7.89. The summed E-state index contributed by atoms with van der Waals surface area (Å²) in [6.45, 7) is 9.45. The van der Waals surface area contributed by atoms with Crippen molar-refractivity contribution in [1.29, 1.82) is 0 Å². The van der Waals surface area contributed by atoms with Crippen molar-refractivity contribution < 1.29 is 13.5 Å². The number of hydrogen-bond acceptors (Lipinski definition) is 5. The standard InChI is InChI=1S/C24H28ClN3O3S/c1-23(2,3)22-17(9-8-15(26-22)12-13-24(4,5)29)16-10-11-18(25)20-19(14-32(7,30)31)27-28(6)21(16)20/h8-11,29H,14H2,1-7H3. The number of rotatable bonds is 3. The Balaban J connectivity index is 2.31. The highest BCUT2D eigenvalue weighted by Crippen LogP contribution is 2.39. The number of sulfone groups is 1. The Morgan fingerprint density at radius 2 is 1.72 bits per heavy atom. The molecule has 0 saturated heterocycles. The summed E-state index contributed by atoms with van der Waals surface area (Å²) in [5, 5.41) is 15.5. The molecule has 0 saturated carbocycles. The molecule has 3 rings (SSSR count). The summed E-state index contributed by atoms with van der Waals surface area (Å²) in [4.78, 5) is 4.81. The maximum atomic E-state index is 11.9. The Hall–Kier alpha value is -2.40. The van der Waals surface area contributed by atoms with Gasteiger partial charge in [0.15, 0.2) is 9.84 Å². The van der Waals surface area contributed by atoms with Crippen molar-refractivity contribution in [2.45, 2.75) is 51.4 Å². The van der Waals surface area contributed by atoms with Crippen LogP contribution >= 0.6 is 11.6 Å². The minimum Gasteiger partial charge on any atom is -0.378 e. The molecular weight excluding hydrogens is 446 g/mol. The van der Waals surface area contributed by atoms with Gasteiger partial charge >= 0.3 is 0 Å². The number of pyridine rings is 1. The van der Waals surface area contributed by atoms with E-state index in [9.17, 15) is 13.5 Å². The Bertz CT molecular complexity index is 1370. The van der Waals surface area contributed by atoms with Gasteiger partial charge < -0.3 is 5.11 Å². The predicted octanol–water partition coefficient (Wildman–Crippen LogP) is 4.25. The molecule has 0 unspecified atom stereocenters. The van der Waals surface area contributed by atoms with Gasteiger partial charge in [0.2, 0.25) is 0 Å². The predicted molar refractivity (Wildman–Crippen MR) is 129 cm³/mol. The van der Waals surface area contributed by atoms with Crippen molar-refractivity contribution in [3.63, 3.8) is 0 Å². The van der Waals surface area contributed by atoms with Crippen molar-refractivity contribution in [3.8, 4) is 23.0 Å². The van der Waals surface area contributed by atoms with Crippen LogP contribution in [0.4, 0.5) is 0 Å². The molecule has 3 aromatic rings. The molecule has 0 fully saturated rings. The van der Waals surface area contributed by atoms with Crippen LogP contribution in [0.5, 0.6) is 0 Å². The number of benzene rings is 1. The van der Waals surface area contributed by atoms with Gasteiger partial charge in [-0.3, -0.25) is 4.68 Å². The third-order valence-corrected chi connectivity index (χ3v) is 5.91. The molecule has 0 aliphatic heterocycles. The lowest BCUT2D eigenvalue weighted by Gasteiger charge is -2.22. The van der Waals surface area contributed by atoms with Crippen LogP contribution in [-0.4, -0.2) is 40.1 Å². The first-order valence-corrected chi connectivity index (χ1v) is 12.6. The third-order valence-electron chi connectivity index (χ3n) is 4.80. The van der Waals surface area contributed by atoms with Gasteiger partial charge in [-0.1, -0.05) is 44.4 Å². The lowest BCUT2D eigenvalue weighted by Crippen LogP contribution is -2.17. The molecule has 0 bridgehead atoms. The van der Waals surface area contributed by atoms with Crippen LogP contribution in [0.3, 0.4) is 0 Å². The molecule has 8 heteroatoms. The second-order valence-electron chi connectivity index (χ2n) is 9.61. The van der Waals surface area contributed by atoms with E-state index in [1.165, 1.54) is 6.26 Å². The van der Waals surface area contributed by atoms with Crippen LogP contribution in [0.15, 0.2) is 24.3 Å². The van der Waals surface area contributed by atoms with Gasteiger partial charge in [-0.2, -0.15) is 5.10 Å². The van der Waals surface area contributed by atoms with Crippen LogP contribution in [0.25, 0.3) is 22.0 Å². The Morgan fingerprint density at radius 3 is 2.28 bits per heavy atom. The van der Waals surface area contributed by atoms with Crippen molar-refractivity contribution in [2.75, 3.05) is 6.26 Å². The van der Waals surface area contributed by atoms with Crippen molar-refractivity contribution in [3.05, 3.63) is 46.4 Å². The molecule has 0 atom stereocenters. The van der Waals surface area contributed by atoms with E-state index in [0.717, 1.165) is 22.3 Å². The number of fused-ring (bicyclic) bond motifs is 1. The molecule has 2 aromatic heterocycles. The summed E-state index contributed by atoms with van der Waals surface area (Å²) >= 11 is 6.50. The van der Waals surface area contributed by atoms with Crippen molar-refractivity contribution in [1.82, 2.24) is 14.8 Å². The van der Waals surface area contributed by atoms with Gasteiger partial charge in [-0.15, -0.1) is 0 Å². The number of hydrogen-bond donors (Lipinski definition) is 1. The van der Waals surface area contributed by atoms with E-state index in [1.54, 1.807) is 31.6 Å². The largest absolute Gasteiger partial charge is 0.378 e. The van der Waals surface area contributed by atoms with Gasteiger partial charge in [0.05, 0.1) is 27.7 Å². The van der Waals surface area contributed by atoms with Gasteiger partial charge in [0, 0.05) is 35.2 Å². The smallest absolute Gasteiger partial charge is 0.153 e. The molecular formula is C24H28ClN3O3S. The van der Waals surface area contributed by atoms with Crippen LogP contribution in [0, 0.1) is 11.8 Å². The topological polar surface area (TPSA) is 85.1 Å². The Morgan fingerprint density at radius 1 is 1.09 bits per heavy atom. The number of nitrogens with zero attached hydrogens (tertiary/aromatic N) is 3. The minimum atomic E-state index is -3.29. The molecule has 1 aromatic carbocycles. The van der Waals surface area contributed by atoms with Gasteiger partial charge in [0.1, 0.15) is 11.3 Å². The first-order valence-electron chi connectivity index (χ1n) is 10.2. The fraction of sp³-hybridized carbons (Fsp3) is 0.417. The van der Waals surface area contributed by atoms with E-state index in [1.807, 2.05) is 18.2 Å². The minimum absolute atomic E-state index is 0.191. The highest BCUT2D eigenvalue weighted by atomic mass is 35.5. The molecule has 32 heavy (non-hydrogen) atoms. The molecule has 6 nitrogen and oxygen atoms in total. The SMILES string of the molecule is Cn1nc(CS(C)(=O)=O)c2c(Cl)ccc(-c3ccc(C#CC(C)(C)O)nc3C(C)(C)C)c21. The van der Waals surface area contributed by atoms with Gasteiger partial charge in [-0.25, -0.2) is 13.4 Å².